The van der Waals surface area contributed by atoms with Gasteiger partial charge in [-0.3, -0.25) is 0 Å². The molecule has 0 unspecified atom stereocenters. The van der Waals surface area contributed by atoms with E-state index < -0.39 is 18.2 Å². The van der Waals surface area contributed by atoms with Crippen molar-refractivity contribution < 1.29 is 38.0 Å². The summed E-state index contributed by atoms with van der Waals surface area (Å²) >= 11 is 0. The molecule has 0 aliphatic carbocycles. The molecule has 1 N–H and O–H groups in total. The summed E-state index contributed by atoms with van der Waals surface area (Å²) in [7, 11) is 0. The van der Waals surface area contributed by atoms with E-state index >= 15 is 0 Å². The minimum Gasteiger partial charge on any atom is -0.473 e. The quantitative estimate of drug-likeness (QED) is 0.150. The first-order valence-corrected chi connectivity index (χ1v) is 8.21. The number of carbonyl (C=O) groups excluding carboxylic acids is 2. The third kappa shape index (κ3) is 15.5. The van der Waals surface area contributed by atoms with E-state index in [2.05, 4.69) is 25.1 Å². The van der Waals surface area contributed by atoms with Crippen LogP contribution in [0.25, 0.3) is 0 Å². The topological polar surface area (TPSA) is 102 Å². The predicted octanol–water partition coefficient (Wildman–Crippen LogP) is 2.25. The smallest absolute Gasteiger partial charge is 0.407 e. The van der Waals surface area contributed by atoms with Crippen LogP contribution in [-0.2, 0) is 33.2 Å². The predicted molar refractivity (Wildman–Crippen MR) is 97.5 cm³/mol. The Bertz CT molecular complexity index is 495. The van der Waals surface area contributed by atoms with Gasteiger partial charge < -0.3 is 33.7 Å². The number of carbonyl (C=O) groups is 2. The summed E-state index contributed by atoms with van der Waals surface area (Å²) in [6.07, 6.45) is -1.41. The number of allylic oxidation sites excluding steroid dienone is 2. The lowest BCUT2D eigenvalue weighted by Gasteiger charge is -2.19. The van der Waals surface area contributed by atoms with E-state index in [0.717, 1.165) is 0 Å². The SMILES string of the molecule is C=C(C)OCOCC(COCOC(=C)C)OC(=O)NCCOC(=O)C(=C)C. The number of alkyl carbamates (subject to hydrolysis) is 1. The molecule has 0 fully saturated rings. The maximum Gasteiger partial charge on any atom is 0.407 e. The Balaban J connectivity index is 4.21. The molecule has 0 aliphatic heterocycles. The molecule has 154 valence electrons. The van der Waals surface area contributed by atoms with Crippen molar-refractivity contribution >= 4 is 12.1 Å². The number of rotatable bonds is 15. The number of amides is 1. The molecule has 0 bridgehead atoms. The van der Waals surface area contributed by atoms with E-state index in [-0.39, 0.29) is 45.5 Å². The van der Waals surface area contributed by atoms with Gasteiger partial charge in [0.1, 0.15) is 6.61 Å². The molecule has 0 heterocycles. The number of hydrogen-bond acceptors (Lipinski definition) is 8. The molecule has 9 nitrogen and oxygen atoms in total. The van der Waals surface area contributed by atoms with E-state index in [9.17, 15) is 9.59 Å². The van der Waals surface area contributed by atoms with Gasteiger partial charge in [0, 0.05) is 5.57 Å². The van der Waals surface area contributed by atoms with E-state index in [1.165, 1.54) is 6.92 Å². The molecule has 0 saturated carbocycles. The van der Waals surface area contributed by atoms with Gasteiger partial charge >= 0.3 is 12.1 Å². The highest BCUT2D eigenvalue weighted by molar-refractivity contribution is 5.86. The molecule has 9 heteroatoms. The van der Waals surface area contributed by atoms with Crippen molar-refractivity contribution in [2.75, 3.05) is 40.0 Å². The first kappa shape index (κ1) is 24.5. The van der Waals surface area contributed by atoms with Crippen LogP contribution in [-0.4, -0.2) is 58.1 Å². The Kier molecular flexibility index (Phi) is 13.3. The van der Waals surface area contributed by atoms with Crippen molar-refractivity contribution in [3.05, 3.63) is 36.8 Å². The molecule has 0 spiro atoms. The van der Waals surface area contributed by atoms with Crippen molar-refractivity contribution in [2.45, 2.75) is 26.9 Å². The van der Waals surface area contributed by atoms with Crippen LogP contribution in [0.3, 0.4) is 0 Å². The van der Waals surface area contributed by atoms with Crippen LogP contribution >= 0.6 is 0 Å². The summed E-state index contributed by atoms with van der Waals surface area (Å²) in [5.41, 5.74) is 0.279. The van der Waals surface area contributed by atoms with Gasteiger partial charge in [0.2, 0.25) is 0 Å². The van der Waals surface area contributed by atoms with Gasteiger partial charge in [0.05, 0.1) is 31.3 Å². The minimum atomic E-state index is -0.708. The fourth-order valence-corrected chi connectivity index (χ4v) is 1.37. The normalized spacial score (nSPS) is 10.1. The van der Waals surface area contributed by atoms with Crippen LogP contribution in [0.1, 0.15) is 20.8 Å². The van der Waals surface area contributed by atoms with E-state index in [1.54, 1.807) is 13.8 Å². The number of hydrogen-bond donors (Lipinski definition) is 1. The van der Waals surface area contributed by atoms with Crippen LogP contribution in [0, 0.1) is 0 Å². The molecule has 0 atom stereocenters. The van der Waals surface area contributed by atoms with Crippen molar-refractivity contribution in [3.8, 4) is 0 Å². The summed E-state index contributed by atoms with van der Waals surface area (Å²) in [5, 5.41) is 2.45. The summed E-state index contributed by atoms with van der Waals surface area (Å²) in [6.45, 7) is 15.6. The summed E-state index contributed by atoms with van der Waals surface area (Å²) in [5.74, 6) is 0.473. The van der Waals surface area contributed by atoms with Crippen LogP contribution < -0.4 is 5.32 Å². The van der Waals surface area contributed by atoms with Crippen LogP contribution in [0.15, 0.2) is 36.8 Å². The van der Waals surface area contributed by atoms with Gasteiger partial charge in [-0.2, -0.15) is 0 Å². The molecule has 0 rings (SSSR count). The van der Waals surface area contributed by atoms with Gasteiger partial charge in [-0.05, 0) is 20.8 Å². The molecule has 1 amide bonds. The first-order chi connectivity index (χ1) is 12.7. The molecule has 0 saturated heterocycles. The fraction of sp³-hybridized carbons (Fsp3) is 0.556. The molecule has 0 aromatic rings. The summed E-state index contributed by atoms with van der Waals surface area (Å²) < 4.78 is 30.7. The molecule has 27 heavy (non-hydrogen) atoms. The largest absolute Gasteiger partial charge is 0.473 e. The van der Waals surface area contributed by atoms with Crippen LogP contribution in [0.5, 0.6) is 0 Å². The third-order valence-electron chi connectivity index (χ3n) is 2.61. The van der Waals surface area contributed by atoms with Crippen molar-refractivity contribution in [2.24, 2.45) is 0 Å². The molecule has 0 aromatic carbocycles. The number of nitrogens with one attached hydrogen (secondary N) is 1. The zero-order valence-electron chi connectivity index (χ0n) is 16.2. The highest BCUT2D eigenvalue weighted by atomic mass is 16.7. The van der Waals surface area contributed by atoms with Crippen LogP contribution in [0.2, 0.25) is 0 Å². The average Bonchev–Trinajstić information content (AvgIpc) is 2.58. The highest BCUT2D eigenvalue weighted by Crippen LogP contribution is 2.00. The molecule has 0 radical (unpaired) electrons. The Labute approximate surface area is 159 Å². The minimum absolute atomic E-state index is 0.00262. The van der Waals surface area contributed by atoms with Gasteiger partial charge in [-0.1, -0.05) is 19.7 Å². The Morgan fingerprint density at radius 3 is 1.85 bits per heavy atom. The van der Waals surface area contributed by atoms with Crippen molar-refractivity contribution in [3.63, 3.8) is 0 Å². The van der Waals surface area contributed by atoms with Gasteiger partial charge in [-0.15, -0.1) is 0 Å². The molecule has 0 aliphatic rings. The van der Waals surface area contributed by atoms with Gasteiger partial charge in [0.15, 0.2) is 19.7 Å². The highest BCUT2D eigenvalue weighted by Gasteiger charge is 2.16. The van der Waals surface area contributed by atoms with Crippen molar-refractivity contribution in [1.82, 2.24) is 5.32 Å². The summed E-state index contributed by atoms with van der Waals surface area (Å²) in [4.78, 5) is 23.0. The standard InChI is InChI=1S/C18H29NO8/c1-13(2)17(20)24-8-7-19-18(21)27-16(9-22-11-25-14(3)4)10-23-12-26-15(5)6/h16H,1,3,5,7-12H2,2,4,6H3,(H,19,21). The Hall–Kier alpha value is -2.52. The zero-order valence-corrected chi connectivity index (χ0v) is 16.2. The third-order valence-corrected chi connectivity index (χ3v) is 2.61. The molecule has 0 aromatic heterocycles. The lowest BCUT2D eigenvalue weighted by atomic mass is 10.4. The zero-order chi connectivity index (χ0) is 20.7. The van der Waals surface area contributed by atoms with E-state index in [4.69, 9.17) is 28.4 Å². The summed E-state index contributed by atoms with van der Waals surface area (Å²) in [6, 6.07) is 0. The second-order valence-corrected chi connectivity index (χ2v) is 5.54. The second kappa shape index (κ2) is 14.6. The molecular formula is C18H29NO8. The maximum atomic E-state index is 11.8. The lowest BCUT2D eigenvalue weighted by Crippen LogP contribution is -2.36. The van der Waals surface area contributed by atoms with Gasteiger partial charge in [0.25, 0.3) is 0 Å². The maximum absolute atomic E-state index is 11.8. The average molecular weight is 387 g/mol. The second-order valence-electron chi connectivity index (χ2n) is 5.54. The van der Waals surface area contributed by atoms with Gasteiger partial charge in [-0.25, -0.2) is 9.59 Å². The van der Waals surface area contributed by atoms with Crippen molar-refractivity contribution in [1.29, 1.82) is 0 Å². The monoisotopic (exact) mass is 387 g/mol. The first-order valence-electron chi connectivity index (χ1n) is 8.21. The van der Waals surface area contributed by atoms with Crippen LogP contribution in [0.4, 0.5) is 4.79 Å². The fourth-order valence-electron chi connectivity index (χ4n) is 1.37. The van der Waals surface area contributed by atoms with E-state index in [0.29, 0.717) is 11.5 Å². The number of ether oxygens (including phenoxy) is 6. The Morgan fingerprint density at radius 1 is 0.889 bits per heavy atom. The lowest BCUT2D eigenvalue weighted by molar-refractivity contribution is -0.138. The molecular weight excluding hydrogens is 358 g/mol. The van der Waals surface area contributed by atoms with E-state index in [1.807, 2.05) is 0 Å². The Morgan fingerprint density at radius 2 is 1.41 bits per heavy atom. The number of esters is 1.